The Bertz CT molecular complexity index is 649. The molecule has 1 unspecified atom stereocenters. The van der Waals surface area contributed by atoms with E-state index < -0.39 is 23.6 Å². The standard InChI is InChI=1S/C14H16F2N4O/c1-3-10-12(17)13(20-19-10)14(21)18-7(2)11-8(15)5-4-6-9(11)16/h4-7H,3,17H2,1-2H3,(H,18,21)(H,19,20). The molecule has 0 spiro atoms. The lowest BCUT2D eigenvalue weighted by atomic mass is 10.1. The summed E-state index contributed by atoms with van der Waals surface area (Å²) in [5.74, 6) is -2.02. The Hall–Kier alpha value is -2.44. The highest BCUT2D eigenvalue weighted by atomic mass is 19.1. The second kappa shape index (κ2) is 5.90. The van der Waals surface area contributed by atoms with Crippen molar-refractivity contribution < 1.29 is 13.6 Å². The van der Waals surface area contributed by atoms with Gasteiger partial charge in [0.15, 0.2) is 5.69 Å². The molecule has 0 bridgehead atoms. The molecular formula is C14H16F2N4O. The van der Waals surface area contributed by atoms with Crippen LogP contribution >= 0.6 is 0 Å². The first kappa shape index (κ1) is 15.0. The van der Waals surface area contributed by atoms with E-state index in [0.717, 1.165) is 12.1 Å². The summed E-state index contributed by atoms with van der Waals surface area (Å²) in [4.78, 5) is 12.1. The largest absolute Gasteiger partial charge is 0.395 e. The summed E-state index contributed by atoms with van der Waals surface area (Å²) in [7, 11) is 0. The fourth-order valence-electron chi connectivity index (χ4n) is 2.09. The molecule has 1 aromatic heterocycles. The fourth-order valence-corrected chi connectivity index (χ4v) is 2.09. The number of aromatic nitrogens is 2. The Labute approximate surface area is 120 Å². The van der Waals surface area contributed by atoms with Gasteiger partial charge in [0.25, 0.3) is 5.91 Å². The maximum absolute atomic E-state index is 13.7. The number of carbonyl (C=O) groups excluding carboxylic acids is 1. The summed E-state index contributed by atoms with van der Waals surface area (Å²) in [5, 5.41) is 8.98. The predicted octanol–water partition coefficient (Wildman–Crippen LogP) is 2.32. The molecule has 0 saturated carbocycles. The number of rotatable bonds is 4. The van der Waals surface area contributed by atoms with Gasteiger partial charge in [-0.15, -0.1) is 0 Å². The first-order chi connectivity index (χ1) is 9.95. The van der Waals surface area contributed by atoms with Crippen LogP contribution in [0.2, 0.25) is 0 Å². The first-order valence-corrected chi connectivity index (χ1v) is 6.53. The van der Waals surface area contributed by atoms with E-state index in [1.54, 1.807) is 0 Å². The molecule has 1 heterocycles. The van der Waals surface area contributed by atoms with Crippen LogP contribution in [0.25, 0.3) is 0 Å². The minimum absolute atomic E-state index is 0.0236. The number of benzene rings is 1. The van der Waals surface area contributed by atoms with Gasteiger partial charge in [-0.3, -0.25) is 9.89 Å². The summed E-state index contributed by atoms with van der Waals surface area (Å²) >= 11 is 0. The number of nitrogens with zero attached hydrogens (tertiary/aromatic N) is 1. The second-order valence-electron chi connectivity index (χ2n) is 4.65. The van der Waals surface area contributed by atoms with Gasteiger partial charge in [0.2, 0.25) is 0 Å². The van der Waals surface area contributed by atoms with Gasteiger partial charge < -0.3 is 11.1 Å². The van der Waals surface area contributed by atoms with Gasteiger partial charge in [0, 0.05) is 5.56 Å². The number of amides is 1. The normalized spacial score (nSPS) is 12.2. The van der Waals surface area contributed by atoms with E-state index in [9.17, 15) is 13.6 Å². The summed E-state index contributed by atoms with van der Waals surface area (Å²) in [6.07, 6.45) is 0.601. The first-order valence-electron chi connectivity index (χ1n) is 6.53. The molecule has 0 aliphatic heterocycles. The SMILES string of the molecule is CCc1[nH]nc(C(=O)NC(C)c2c(F)cccc2F)c1N. The van der Waals surface area contributed by atoms with Crippen molar-refractivity contribution in [2.75, 3.05) is 5.73 Å². The molecule has 0 radical (unpaired) electrons. The minimum Gasteiger partial charge on any atom is -0.395 e. The van der Waals surface area contributed by atoms with Crippen LogP contribution in [0, 0.1) is 11.6 Å². The predicted molar refractivity (Wildman–Crippen MR) is 74.6 cm³/mol. The third-order valence-electron chi connectivity index (χ3n) is 3.23. The van der Waals surface area contributed by atoms with Gasteiger partial charge in [0.05, 0.1) is 17.4 Å². The average molecular weight is 294 g/mol. The smallest absolute Gasteiger partial charge is 0.274 e. The molecule has 21 heavy (non-hydrogen) atoms. The lowest BCUT2D eigenvalue weighted by Gasteiger charge is -2.15. The number of hydrogen-bond acceptors (Lipinski definition) is 3. The van der Waals surface area contributed by atoms with Gasteiger partial charge in [-0.05, 0) is 25.5 Å². The number of carbonyl (C=O) groups is 1. The Kier molecular flexibility index (Phi) is 4.21. The lowest BCUT2D eigenvalue weighted by Crippen LogP contribution is -2.28. The molecule has 1 amide bonds. The molecule has 1 aromatic carbocycles. The Morgan fingerprint density at radius 3 is 2.57 bits per heavy atom. The van der Waals surface area contributed by atoms with Crippen LogP contribution in [0.15, 0.2) is 18.2 Å². The molecule has 0 aliphatic carbocycles. The average Bonchev–Trinajstić information content (AvgIpc) is 2.79. The molecule has 1 atom stereocenters. The van der Waals surface area contributed by atoms with Crippen molar-refractivity contribution in [1.82, 2.24) is 15.5 Å². The molecule has 2 rings (SSSR count). The van der Waals surface area contributed by atoms with E-state index in [-0.39, 0.29) is 16.9 Å². The fraction of sp³-hybridized carbons (Fsp3) is 0.286. The highest BCUT2D eigenvalue weighted by Crippen LogP contribution is 2.21. The quantitative estimate of drug-likeness (QED) is 0.809. The third kappa shape index (κ3) is 2.86. The number of nitrogens with one attached hydrogen (secondary N) is 2. The number of aryl methyl sites for hydroxylation is 1. The molecule has 112 valence electrons. The maximum Gasteiger partial charge on any atom is 0.274 e. The van der Waals surface area contributed by atoms with Crippen LogP contribution in [0.5, 0.6) is 0 Å². The molecule has 0 saturated heterocycles. The van der Waals surface area contributed by atoms with Crippen molar-refractivity contribution in [3.8, 4) is 0 Å². The number of hydrogen-bond donors (Lipinski definition) is 3. The number of nitrogens with two attached hydrogens (primary N) is 1. The summed E-state index contributed by atoms with van der Waals surface area (Å²) in [6, 6.07) is 2.69. The molecule has 7 heteroatoms. The zero-order chi connectivity index (χ0) is 15.6. The number of halogens is 2. The van der Waals surface area contributed by atoms with Crippen molar-refractivity contribution in [2.24, 2.45) is 0 Å². The Balaban J connectivity index is 2.21. The Morgan fingerprint density at radius 1 is 1.43 bits per heavy atom. The minimum atomic E-state index is -0.847. The van der Waals surface area contributed by atoms with E-state index in [4.69, 9.17) is 5.73 Å². The van der Waals surface area contributed by atoms with Crippen molar-refractivity contribution >= 4 is 11.6 Å². The topological polar surface area (TPSA) is 83.8 Å². The van der Waals surface area contributed by atoms with E-state index in [1.165, 1.54) is 13.0 Å². The van der Waals surface area contributed by atoms with Gasteiger partial charge in [-0.1, -0.05) is 13.0 Å². The van der Waals surface area contributed by atoms with Crippen LogP contribution in [0.4, 0.5) is 14.5 Å². The number of nitrogen functional groups attached to an aromatic ring is 1. The lowest BCUT2D eigenvalue weighted by molar-refractivity contribution is 0.0934. The zero-order valence-corrected chi connectivity index (χ0v) is 11.7. The monoisotopic (exact) mass is 294 g/mol. The summed E-state index contributed by atoms with van der Waals surface area (Å²) in [5.41, 5.74) is 6.50. The number of anilines is 1. The number of H-pyrrole nitrogens is 1. The van der Waals surface area contributed by atoms with Gasteiger partial charge >= 0.3 is 0 Å². The van der Waals surface area contributed by atoms with E-state index in [1.807, 2.05) is 6.92 Å². The van der Waals surface area contributed by atoms with Crippen LogP contribution in [-0.4, -0.2) is 16.1 Å². The van der Waals surface area contributed by atoms with Gasteiger partial charge in [-0.2, -0.15) is 5.10 Å². The van der Waals surface area contributed by atoms with Gasteiger partial charge in [-0.25, -0.2) is 8.78 Å². The van der Waals surface area contributed by atoms with E-state index in [0.29, 0.717) is 12.1 Å². The molecule has 0 aliphatic rings. The van der Waals surface area contributed by atoms with E-state index >= 15 is 0 Å². The highest BCUT2D eigenvalue weighted by molar-refractivity contribution is 5.97. The van der Waals surface area contributed by atoms with E-state index in [2.05, 4.69) is 15.5 Å². The molecule has 4 N–H and O–H groups in total. The zero-order valence-electron chi connectivity index (χ0n) is 11.7. The highest BCUT2D eigenvalue weighted by Gasteiger charge is 2.22. The molecule has 0 fully saturated rings. The van der Waals surface area contributed by atoms with Crippen molar-refractivity contribution in [2.45, 2.75) is 26.3 Å². The molecule has 5 nitrogen and oxygen atoms in total. The van der Waals surface area contributed by atoms with Crippen molar-refractivity contribution in [1.29, 1.82) is 0 Å². The van der Waals surface area contributed by atoms with Crippen LogP contribution in [0.3, 0.4) is 0 Å². The van der Waals surface area contributed by atoms with Crippen molar-refractivity contribution in [3.63, 3.8) is 0 Å². The maximum atomic E-state index is 13.7. The molecular weight excluding hydrogens is 278 g/mol. The summed E-state index contributed by atoms with van der Waals surface area (Å²) < 4.78 is 27.3. The van der Waals surface area contributed by atoms with Gasteiger partial charge in [0.1, 0.15) is 11.6 Å². The molecule has 2 aromatic rings. The third-order valence-corrected chi connectivity index (χ3v) is 3.23. The summed E-state index contributed by atoms with van der Waals surface area (Å²) in [6.45, 7) is 3.35. The Morgan fingerprint density at radius 2 is 2.05 bits per heavy atom. The van der Waals surface area contributed by atoms with Crippen LogP contribution < -0.4 is 11.1 Å². The van der Waals surface area contributed by atoms with Crippen LogP contribution in [-0.2, 0) is 6.42 Å². The van der Waals surface area contributed by atoms with Crippen LogP contribution in [0.1, 0.15) is 41.6 Å². The number of aromatic amines is 1. The second-order valence-corrected chi connectivity index (χ2v) is 4.65. The van der Waals surface area contributed by atoms with Crippen molar-refractivity contribution in [3.05, 3.63) is 46.8 Å².